The van der Waals surface area contributed by atoms with Crippen LogP contribution in [0.1, 0.15) is 105 Å². The van der Waals surface area contributed by atoms with Crippen LogP contribution in [0.5, 0.6) is 0 Å². The Morgan fingerprint density at radius 2 is 1.52 bits per heavy atom. The summed E-state index contributed by atoms with van der Waals surface area (Å²) in [5, 5.41) is 12.4. The number of benzene rings is 2. The number of nitrogens with zero attached hydrogens (tertiary/aromatic N) is 1. The smallest absolute Gasteiger partial charge is 0.182 e. The topological polar surface area (TPSA) is 57.6 Å². The number of fused-ring (bicyclic) bond motifs is 6. The second kappa shape index (κ2) is 11.9. The molecule has 2 aromatic rings. The highest BCUT2D eigenvalue weighted by molar-refractivity contribution is 7.92. The lowest BCUT2D eigenvalue weighted by molar-refractivity contribution is -0.127. The van der Waals surface area contributed by atoms with Gasteiger partial charge in [-0.25, -0.2) is 8.42 Å². The first-order chi connectivity index (χ1) is 20.8. The van der Waals surface area contributed by atoms with Gasteiger partial charge in [-0.1, -0.05) is 78.1 Å². The number of sulfone groups is 1. The van der Waals surface area contributed by atoms with Crippen molar-refractivity contribution in [2.75, 3.05) is 19.0 Å². The van der Waals surface area contributed by atoms with E-state index in [1.165, 1.54) is 44.9 Å². The minimum atomic E-state index is -3.64. The van der Waals surface area contributed by atoms with Crippen molar-refractivity contribution in [2.45, 2.75) is 121 Å². The Balaban J connectivity index is 1.38. The van der Waals surface area contributed by atoms with Gasteiger partial charge in [0.2, 0.25) is 0 Å². The van der Waals surface area contributed by atoms with Crippen LogP contribution in [0, 0.1) is 52.3 Å². The van der Waals surface area contributed by atoms with E-state index in [9.17, 15) is 5.11 Å². The molecule has 6 rings (SSSR count). The highest BCUT2D eigenvalue weighted by Crippen LogP contribution is 2.69. The Morgan fingerprint density at radius 3 is 2.25 bits per heavy atom. The van der Waals surface area contributed by atoms with E-state index in [-0.39, 0.29) is 11.3 Å². The van der Waals surface area contributed by atoms with Crippen molar-refractivity contribution in [3.8, 4) is 0 Å². The first kappa shape index (κ1) is 32.4. The van der Waals surface area contributed by atoms with Crippen LogP contribution in [0.4, 0.5) is 5.69 Å². The van der Waals surface area contributed by atoms with Gasteiger partial charge in [0.15, 0.2) is 9.84 Å². The fraction of sp³-hybridized carbons (Fsp3) is 0.744. The molecular formula is C39H59NO3S. The van der Waals surface area contributed by atoms with Crippen LogP contribution in [0.15, 0.2) is 41.3 Å². The Bertz CT molecular complexity index is 1450. The lowest BCUT2D eigenvalue weighted by Gasteiger charge is -2.63. The van der Waals surface area contributed by atoms with Gasteiger partial charge < -0.3 is 10.0 Å². The van der Waals surface area contributed by atoms with Gasteiger partial charge in [0.1, 0.15) is 0 Å². The van der Waals surface area contributed by atoms with Crippen molar-refractivity contribution in [3.63, 3.8) is 0 Å². The third-order valence-electron chi connectivity index (χ3n) is 13.9. The molecule has 0 amide bonds. The molecule has 3 unspecified atom stereocenters. The summed E-state index contributed by atoms with van der Waals surface area (Å²) in [5.41, 5.74) is 1.31. The van der Waals surface area contributed by atoms with Crippen molar-refractivity contribution in [1.29, 1.82) is 0 Å². The van der Waals surface area contributed by atoms with Gasteiger partial charge in [-0.3, -0.25) is 0 Å². The molecule has 4 fully saturated rings. The fourth-order valence-corrected chi connectivity index (χ4v) is 14.1. The number of hydrogen-bond acceptors (Lipinski definition) is 4. The van der Waals surface area contributed by atoms with Crippen LogP contribution in [0.2, 0.25) is 0 Å². The van der Waals surface area contributed by atoms with Gasteiger partial charge in [0, 0.05) is 30.6 Å². The van der Waals surface area contributed by atoms with Crippen LogP contribution in [-0.2, 0) is 9.84 Å². The third-order valence-corrected chi connectivity index (χ3v) is 16.2. The molecular weight excluding hydrogens is 563 g/mol. The summed E-state index contributed by atoms with van der Waals surface area (Å²) in [6, 6.07) is 11.9. The minimum absolute atomic E-state index is 0.00120. The maximum Gasteiger partial charge on any atom is 0.182 e. The molecule has 244 valence electrons. The Morgan fingerprint density at radius 1 is 0.841 bits per heavy atom. The third kappa shape index (κ3) is 5.24. The normalized spacial score (nSPS) is 37.8. The average molecular weight is 622 g/mol. The van der Waals surface area contributed by atoms with Gasteiger partial charge >= 0.3 is 0 Å². The zero-order valence-corrected chi connectivity index (χ0v) is 29.4. The number of aliphatic hydroxyl groups excluding tert-OH is 1. The lowest BCUT2D eigenvalue weighted by Crippen LogP contribution is -2.59. The van der Waals surface area contributed by atoms with Gasteiger partial charge in [0.25, 0.3) is 0 Å². The predicted molar refractivity (Wildman–Crippen MR) is 184 cm³/mol. The largest absolute Gasteiger partial charge is 0.393 e. The van der Waals surface area contributed by atoms with Crippen LogP contribution >= 0.6 is 0 Å². The number of aliphatic hydroxyl groups is 1. The molecule has 0 aliphatic heterocycles. The minimum Gasteiger partial charge on any atom is -0.393 e. The molecule has 2 aromatic carbocycles. The first-order valence-electron chi connectivity index (χ1n) is 17.9. The number of hydrogen-bond donors (Lipinski definition) is 1. The molecule has 5 heteroatoms. The monoisotopic (exact) mass is 621 g/mol. The second-order valence-electron chi connectivity index (χ2n) is 16.8. The van der Waals surface area contributed by atoms with E-state index in [2.05, 4.69) is 51.7 Å². The molecule has 0 radical (unpaired) electrons. The lowest BCUT2D eigenvalue weighted by atomic mass is 9.44. The molecule has 10 atom stereocenters. The molecule has 4 aliphatic rings. The van der Waals surface area contributed by atoms with E-state index in [0.29, 0.717) is 34.5 Å². The van der Waals surface area contributed by atoms with Crippen LogP contribution in [0.3, 0.4) is 0 Å². The SMILES string of the molecule is CC(C)CCC[C@@H](C)[C@H]1CC[C@H]2[C@@H]3CC(S(=O)(=O)c4cccc5c(N(C)C)cccc45)C4CC(O)CC[C@]4(C)[C@H]3CC[C@]12C. The van der Waals surface area contributed by atoms with Crippen LogP contribution in [0.25, 0.3) is 10.8 Å². The van der Waals surface area contributed by atoms with Crippen molar-refractivity contribution >= 4 is 26.3 Å². The number of anilines is 1. The molecule has 0 saturated heterocycles. The molecule has 4 aliphatic carbocycles. The first-order valence-corrected chi connectivity index (χ1v) is 19.4. The maximum atomic E-state index is 15.1. The summed E-state index contributed by atoms with van der Waals surface area (Å²) in [4.78, 5) is 2.56. The summed E-state index contributed by atoms with van der Waals surface area (Å²) >= 11 is 0. The van der Waals surface area contributed by atoms with Gasteiger partial charge in [0.05, 0.1) is 16.2 Å². The van der Waals surface area contributed by atoms with Crippen molar-refractivity contribution in [1.82, 2.24) is 0 Å². The molecule has 4 saturated carbocycles. The van der Waals surface area contributed by atoms with Crippen LogP contribution < -0.4 is 4.90 Å². The van der Waals surface area contributed by atoms with E-state index in [0.717, 1.165) is 53.5 Å². The van der Waals surface area contributed by atoms with E-state index in [4.69, 9.17) is 0 Å². The molecule has 0 spiro atoms. The summed E-state index contributed by atoms with van der Waals surface area (Å²) < 4.78 is 30.2. The van der Waals surface area contributed by atoms with E-state index >= 15 is 8.42 Å². The standard InChI is InChI=1S/C39H59NO3S/c1-25(2)11-8-12-26(3)31-17-18-32-30-24-37(34-23-27(41)19-21-39(34,5)33(30)20-22-38(31,32)4)44(42,43)36-16-10-13-28-29(36)14-9-15-35(28)40(6)7/h9-10,13-16,25-27,30-34,37,41H,8,11-12,17-24H2,1-7H3/t26-,27?,30+,31-,32+,33+,34?,37?,38-,39-/m1/s1. The number of rotatable bonds is 8. The summed E-state index contributed by atoms with van der Waals surface area (Å²) in [5.74, 6) is 3.87. The molecule has 0 aromatic heterocycles. The Hall–Kier alpha value is -1.59. The molecule has 1 N–H and O–H groups in total. The summed E-state index contributed by atoms with van der Waals surface area (Å²) in [6.07, 6.45) is 11.8. The summed E-state index contributed by atoms with van der Waals surface area (Å²) in [6.45, 7) is 12.2. The average Bonchev–Trinajstić information content (AvgIpc) is 3.33. The maximum absolute atomic E-state index is 15.1. The van der Waals surface area contributed by atoms with Crippen molar-refractivity contribution in [3.05, 3.63) is 36.4 Å². The Labute approximate surface area is 268 Å². The van der Waals surface area contributed by atoms with E-state index in [1.54, 1.807) is 0 Å². The van der Waals surface area contributed by atoms with Crippen molar-refractivity contribution < 1.29 is 13.5 Å². The Kier molecular flexibility index (Phi) is 8.74. The van der Waals surface area contributed by atoms with E-state index < -0.39 is 21.2 Å². The zero-order valence-electron chi connectivity index (χ0n) is 28.6. The molecule has 0 heterocycles. The second-order valence-corrected chi connectivity index (χ2v) is 18.9. The van der Waals surface area contributed by atoms with Gasteiger partial charge in [-0.2, -0.15) is 0 Å². The fourth-order valence-electron chi connectivity index (χ4n) is 11.7. The quantitative estimate of drug-likeness (QED) is 0.319. The zero-order chi connectivity index (χ0) is 31.6. The molecule has 4 nitrogen and oxygen atoms in total. The van der Waals surface area contributed by atoms with Crippen molar-refractivity contribution in [2.24, 2.45) is 52.3 Å². The molecule has 0 bridgehead atoms. The van der Waals surface area contributed by atoms with Gasteiger partial charge in [-0.05, 0) is 116 Å². The van der Waals surface area contributed by atoms with Crippen LogP contribution in [-0.4, -0.2) is 39.0 Å². The van der Waals surface area contributed by atoms with Gasteiger partial charge in [-0.15, -0.1) is 0 Å². The highest BCUT2D eigenvalue weighted by Gasteiger charge is 2.64. The highest BCUT2D eigenvalue weighted by atomic mass is 32.2. The van der Waals surface area contributed by atoms with E-state index in [1.807, 2.05) is 38.4 Å². The molecule has 44 heavy (non-hydrogen) atoms. The predicted octanol–water partition coefficient (Wildman–Crippen LogP) is 9.14. The summed E-state index contributed by atoms with van der Waals surface area (Å²) in [7, 11) is 0.398.